The number of hydrogen-bond acceptors (Lipinski definition) is 3. The lowest BCUT2D eigenvalue weighted by Crippen LogP contribution is -2.30. The second kappa shape index (κ2) is 9.20. The van der Waals surface area contributed by atoms with Gasteiger partial charge in [0.05, 0.1) is 11.8 Å². The Morgan fingerprint density at radius 2 is 1.62 bits per heavy atom. The van der Waals surface area contributed by atoms with Gasteiger partial charge in [-0.25, -0.2) is 0 Å². The van der Waals surface area contributed by atoms with Gasteiger partial charge >= 0.3 is 0 Å². The van der Waals surface area contributed by atoms with Gasteiger partial charge in [0.25, 0.3) is 0 Å². The summed E-state index contributed by atoms with van der Waals surface area (Å²) in [5.41, 5.74) is 4.58. The van der Waals surface area contributed by atoms with E-state index in [1.54, 1.807) is 24.2 Å². The number of aromatic nitrogens is 1. The van der Waals surface area contributed by atoms with Crippen LogP contribution in [-0.2, 0) is 10.5 Å². The maximum absolute atomic E-state index is 12.5. The zero-order chi connectivity index (χ0) is 18.2. The van der Waals surface area contributed by atoms with E-state index in [0.717, 1.165) is 16.9 Å². The fraction of sp³-hybridized carbons (Fsp3) is 0.182. The molecule has 3 nitrogen and oxygen atoms in total. The van der Waals surface area contributed by atoms with Crippen molar-refractivity contribution in [3.63, 3.8) is 0 Å². The first-order chi connectivity index (χ1) is 12.7. The molecule has 1 amide bonds. The van der Waals surface area contributed by atoms with Crippen LogP contribution in [0.4, 0.5) is 0 Å². The minimum atomic E-state index is -0.160. The number of amides is 1. The Labute approximate surface area is 158 Å². The maximum atomic E-state index is 12.5. The molecule has 1 atom stereocenters. The van der Waals surface area contributed by atoms with Crippen LogP contribution in [0.25, 0.3) is 0 Å². The number of pyridine rings is 1. The van der Waals surface area contributed by atoms with Gasteiger partial charge in [0.1, 0.15) is 0 Å². The lowest BCUT2D eigenvalue weighted by molar-refractivity contribution is -0.119. The molecule has 1 N–H and O–H groups in total. The monoisotopic (exact) mass is 362 g/mol. The summed E-state index contributed by atoms with van der Waals surface area (Å²) in [6.07, 6.45) is 3.51. The van der Waals surface area contributed by atoms with E-state index in [9.17, 15) is 4.79 Å². The zero-order valence-electron chi connectivity index (χ0n) is 14.8. The molecule has 4 heteroatoms. The molecule has 0 fully saturated rings. The first-order valence-electron chi connectivity index (χ1n) is 8.60. The summed E-state index contributed by atoms with van der Waals surface area (Å²) in [7, 11) is 0. The molecule has 0 spiro atoms. The molecule has 1 heterocycles. The van der Waals surface area contributed by atoms with Crippen molar-refractivity contribution < 1.29 is 4.79 Å². The fourth-order valence-corrected chi connectivity index (χ4v) is 3.51. The smallest absolute Gasteiger partial charge is 0.230 e. The van der Waals surface area contributed by atoms with Crippen LogP contribution in [0.1, 0.15) is 28.3 Å². The third-order valence-electron chi connectivity index (χ3n) is 4.10. The first kappa shape index (κ1) is 18.2. The maximum Gasteiger partial charge on any atom is 0.230 e. The van der Waals surface area contributed by atoms with Crippen LogP contribution in [-0.4, -0.2) is 16.6 Å². The molecule has 0 radical (unpaired) electrons. The number of nitrogens with one attached hydrogen (secondary N) is 1. The van der Waals surface area contributed by atoms with Gasteiger partial charge in [-0.15, -0.1) is 11.8 Å². The minimum Gasteiger partial charge on any atom is -0.344 e. The summed E-state index contributed by atoms with van der Waals surface area (Å²) in [6.45, 7) is 2.08. The van der Waals surface area contributed by atoms with E-state index < -0.39 is 0 Å². The van der Waals surface area contributed by atoms with Gasteiger partial charge in [-0.05, 0) is 35.7 Å². The van der Waals surface area contributed by atoms with Crippen molar-refractivity contribution in [2.45, 2.75) is 18.7 Å². The highest BCUT2D eigenvalue weighted by Gasteiger charge is 2.16. The molecule has 3 aromatic rings. The zero-order valence-corrected chi connectivity index (χ0v) is 15.6. The van der Waals surface area contributed by atoms with Crippen LogP contribution in [0.5, 0.6) is 0 Å². The summed E-state index contributed by atoms with van der Waals surface area (Å²) in [6, 6.07) is 22.2. The Morgan fingerprint density at radius 3 is 2.31 bits per heavy atom. The van der Waals surface area contributed by atoms with Crippen LogP contribution >= 0.6 is 11.8 Å². The van der Waals surface area contributed by atoms with Crippen molar-refractivity contribution in [3.05, 3.63) is 101 Å². The number of aryl methyl sites for hydroxylation is 1. The number of rotatable bonds is 7. The number of thioether (sulfide) groups is 1. The number of nitrogens with zero attached hydrogens (tertiary/aromatic N) is 1. The Balaban J connectivity index is 1.61. The van der Waals surface area contributed by atoms with Crippen molar-refractivity contribution in [2.24, 2.45) is 0 Å². The van der Waals surface area contributed by atoms with E-state index >= 15 is 0 Å². The molecule has 3 rings (SSSR count). The average molecular weight is 362 g/mol. The molecule has 0 bridgehead atoms. The third kappa shape index (κ3) is 5.20. The van der Waals surface area contributed by atoms with Crippen molar-refractivity contribution in [2.75, 3.05) is 5.75 Å². The van der Waals surface area contributed by atoms with Crippen molar-refractivity contribution >= 4 is 17.7 Å². The molecule has 132 valence electrons. The second-order valence-corrected chi connectivity index (χ2v) is 7.16. The summed E-state index contributed by atoms with van der Waals surface area (Å²) < 4.78 is 0. The molecular formula is C22H22N2OS. The molecular weight excluding hydrogens is 340 g/mol. The van der Waals surface area contributed by atoms with Crippen LogP contribution in [0, 0.1) is 6.92 Å². The molecule has 0 saturated heterocycles. The van der Waals surface area contributed by atoms with E-state index in [1.807, 2.05) is 42.5 Å². The molecule has 1 aromatic heterocycles. The number of carbonyl (C=O) groups excluding carboxylic acids is 1. The minimum absolute atomic E-state index is 0.0350. The molecule has 0 aliphatic carbocycles. The second-order valence-electron chi connectivity index (χ2n) is 6.17. The molecule has 0 aliphatic rings. The van der Waals surface area contributed by atoms with Crippen molar-refractivity contribution in [3.8, 4) is 0 Å². The van der Waals surface area contributed by atoms with E-state index in [4.69, 9.17) is 0 Å². The first-order valence-corrected chi connectivity index (χ1v) is 9.75. The van der Waals surface area contributed by atoms with Gasteiger partial charge in [0.15, 0.2) is 0 Å². The number of carbonyl (C=O) groups is 1. The van der Waals surface area contributed by atoms with Crippen LogP contribution < -0.4 is 5.32 Å². The van der Waals surface area contributed by atoms with E-state index in [1.165, 1.54) is 11.1 Å². The quantitative estimate of drug-likeness (QED) is 0.671. The van der Waals surface area contributed by atoms with Crippen LogP contribution in [0.2, 0.25) is 0 Å². The van der Waals surface area contributed by atoms with Crippen LogP contribution in [0.3, 0.4) is 0 Å². The SMILES string of the molecule is Cc1ccc(CSCC(=O)NC(c2ccccc2)c2ccncc2)cc1. The predicted molar refractivity (Wildman–Crippen MR) is 108 cm³/mol. The highest BCUT2D eigenvalue weighted by molar-refractivity contribution is 7.99. The highest BCUT2D eigenvalue weighted by Crippen LogP contribution is 2.22. The predicted octanol–water partition coefficient (Wildman–Crippen LogP) is 4.53. The van der Waals surface area contributed by atoms with Gasteiger partial charge in [0.2, 0.25) is 5.91 Å². The summed E-state index contributed by atoms with van der Waals surface area (Å²) in [5, 5.41) is 3.16. The normalized spacial score (nSPS) is 11.7. The standard InChI is InChI=1S/C22H22N2OS/c1-17-7-9-18(10-8-17)15-26-16-21(25)24-22(19-5-3-2-4-6-19)20-11-13-23-14-12-20/h2-14,22H,15-16H2,1H3,(H,24,25). The Morgan fingerprint density at radius 1 is 0.962 bits per heavy atom. The highest BCUT2D eigenvalue weighted by atomic mass is 32.2. The van der Waals surface area contributed by atoms with Gasteiger partial charge < -0.3 is 5.32 Å². The third-order valence-corrected chi connectivity index (χ3v) is 5.10. The van der Waals surface area contributed by atoms with Gasteiger partial charge in [-0.1, -0.05) is 60.2 Å². The van der Waals surface area contributed by atoms with Crippen molar-refractivity contribution in [1.82, 2.24) is 10.3 Å². The molecule has 1 unspecified atom stereocenters. The molecule has 26 heavy (non-hydrogen) atoms. The molecule has 0 aliphatic heterocycles. The fourth-order valence-electron chi connectivity index (χ4n) is 2.71. The summed E-state index contributed by atoms with van der Waals surface area (Å²) in [5.74, 6) is 1.30. The van der Waals surface area contributed by atoms with Crippen molar-refractivity contribution in [1.29, 1.82) is 0 Å². The molecule has 0 saturated carbocycles. The van der Waals surface area contributed by atoms with E-state index in [2.05, 4.69) is 41.5 Å². The van der Waals surface area contributed by atoms with E-state index in [-0.39, 0.29) is 11.9 Å². The Hall–Kier alpha value is -2.59. The summed E-state index contributed by atoms with van der Waals surface area (Å²) in [4.78, 5) is 16.6. The van der Waals surface area contributed by atoms with Gasteiger partial charge in [0, 0.05) is 18.1 Å². The Bertz CT molecular complexity index is 780. The lowest BCUT2D eigenvalue weighted by Gasteiger charge is -2.19. The number of benzene rings is 2. The van der Waals surface area contributed by atoms with Crippen LogP contribution in [0.15, 0.2) is 79.1 Å². The Kier molecular flexibility index (Phi) is 6.45. The number of hydrogen-bond donors (Lipinski definition) is 1. The summed E-state index contributed by atoms with van der Waals surface area (Å²) >= 11 is 1.63. The lowest BCUT2D eigenvalue weighted by atomic mass is 10.00. The molecule has 2 aromatic carbocycles. The largest absolute Gasteiger partial charge is 0.344 e. The topological polar surface area (TPSA) is 42.0 Å². The van der Waals surface area contributed by atoms with Gasteiger partial charge in [-0.3, -0.25) is 9.78 Å². The van der Waals surface area contributed by atoms with E-state index in [0.29, 0.717) is 5.75 Å². The van der Waals surface area contributed by atoms with Gasteiger partial charge in [-0.2, -0.15) is 0 Å². The average Bonchev–Trinajstić information content (AvgIpc) is 2.69.